The molecule has 0 saturated heterocycles. The first-order chi connectivity index (χ1) is 12.8. The van der Waals surface area contributed by atoms with Crippen LogP contribution in [0, 0.1) is 17.0 Å². The van der Waals surface area contributed by atoms with E-state index in [4.69, 9.17) is 0 Å². The molecule has 27 heavy (non-hydrogen) atoms. The molecule has 0 bridgehead atoms. The molecule has 2 aromatic rings. The van der Waals surface area contributed by atoms with Gasteiger partial charge >= 0.3 is 0 Å². The molecule has 0 aromatic heterocycles. The summed E-state index contributed by atoms with van der Waals surface area (Å²) in [6.45, 7) is 2.05. The topological polar surface area (TPSA) is 105 Å². The van der Waals surface area contributed by atoms with Crippen molar-refractivity contribution in [2.45, 2.75) is 13.5 Å². The van der Waals surface area contributed by atoms with Crippen LogP contribution in [-0.2, 0) is 11.3 Å². The molecule has 0 heterocycles. The Kier molecular flexibility index (Phi) is 6.62. The van der Waals surface area contributed by atoms with Crippen molar-refractivity contribution in [3.63, 3.8) is 0 Å². The van der Waals surface area contributed by atoms with Gasteiger partial charge < -0.3 is 15.5 Å². The highest BCUT2D eigenvalue weighted by molar-refractivity contribution is 5.96. The molecule has 2 aromatic carbocycles. The lowest BCUT2D eigenvalue weighted by Gasteiger charge is -2.12. The number of nitrogens with one attached hydrogen (secondary N) is 2. The van der Waals surface area contributed by atoms with Crippen molar-refractivity contribution in [2.24, 2.45) is 0 Å². The third-order valence-corrected chi connectivity index (χ3v) is 3.87. The van der Waals surface area contributed by atoms with E-state index in [0.29, 0.717) is 11.3 Å². The van der Waals surface area contributed by atoms with Crippen molar-refractivity contribution in [1.82, 2.24) is 10.2 Å². The fraction of sp³-hybridized carbons (Fsp3) is 0.263. The number of amides is 2. The number of carbonyl (C=O) groups is 2. The Labute approximate surface area is 157 Å². The Bertz CT molecular complexity index is 865. The van der Waals surface area contributed by atoms with Crippen LogP contribution < -0.4 is 10.6 Å². The van der Waals surface area contributed by atoms with Crippen molar-refractivity contribution in [3.05, 3.63) is 69.3 Å². The summed E-state index contributed by atoms with van der Waals surface area (Å²) in [4.78, 5) is 36.5. The van der Waals surface area contributed by atoms with E-state index in [1.165, 1.54) is 12.1 Å². The average Bonchev–Trinajstić information content (AvgIpc) is 2.59. The smallest absolute Gasteiger partial charge is 0.273 e. The lowest BCUT2D eigenvalue weighted by Crippen LogP contribution is -2.27. The predicted molar refractivity (Wildman–Crippen MR) is 103 cm³/mol. The minimum absolute atomic E-state index is 0.0896. The van der Waals surface area contributed by atoms with E-state index in [2.05, 4.69) is 10.6 Å². The summed E-state index contributed by atoms with van der Waals surface area (Å²) in [5.41, 5.74) is 1.94. The second-order valence-electron chi connectivity index (χ2n) is 6.38. The second-order valence-corrected chi connectivity index (χ2v) is 6.38. The summed E-state index contributed by atoms with van der Waals surface area (Å²) >= 11 is 0. The molecule has 0 spiro atoms. The van der Waals surface area contributed by atoms with Gasteiger partial charge in [0, 0.05) is 29.4 Å². The van der Waals surface area contributed by atoms with Crippen LogP contribution in [0.1, 0.15) is 21.5 Å². The molecule has 0 radical (unpaired) electrons. The van der Waals surface area contributed by atoms with Gasteiger partial charge in [-0.05, 0) is 44.8 Å². The van der Waals surface area contributed by atoms with Crippen LogP contribution in [0.25, 0.3) is 0 Å². The monoisotopic (exact) mass is 370 g/mol. The van der Waals surface area contributed by atoms with Gasteiger partial charge in [0.15, 0.2) is 0 Å². The Hall–Kier alpha value is -3.26. The van der Waals surface area contributed by atoms with Crippen molar-refractivity contribution in [3.8, 4) is 0 Å². The van der Waals surface area contributed by atoms with E-state index in [9.17, 15) is 19.7 Å². The number of rotatable bonds is 7. The molecule has 0 unspecified atom stereocenters. The van der Waals surface area contributed by atoms with E-state index in [-0.39, 0.29) is 30.2 Å². The van der Waals surface area contributed by atoms with Crippen LogP contribution >= 0.6 is 0 Å². The minimum Gasteiger partial charge on any atom is -0.348 e. The molecular formula is C19H22N4O4. The van der Waals surface area contributed by atoms with Crippen LogP contribution in [0.2, 0.25) is 0 Å². The van der Waals surface area contributed by atoms with Crippen molar-refractivity contribution >= 4 is 23.2 Å². The van der Waals surface area contributed by atoms with Gasteiger partial charge in [-0.2, -0.15) is 0 Å². The summed E-state index contributed by atoms with van der Waals surface area (Å²) in [5, 5.41) is 16.6. The Balaban J connectivity index is 2.04. The molecule has 0 aliphatic carbocycles. The summed E-state index contributed by atoms with van der Waals surface area (Å²) < 4.78 is 0. The first kappa shape index (κ1) is 20.1. The van der Waals surface area contributed by atoms with Gasteiger partial charge in [0.2, 0.25) is 5.91 Å². The number of carbonyl (C=O) groups excluding carboxylic acids is 2. The lowest BCUT2D eigenvalue weighted by molar-refractivity contribution is -0.385. The summed E-state index contributed by atoms with van der Waals surface area (Å²) in [6, 6.07) is 11.5. The van der Waals surface area contributed by atoms with Crippen LogP contribution in [0.3, 0.4) is 0 Å². The number of nitrogens with zero attached hydrogens (tertiary/aromatic N) is 2. The van der Waals surface area contributed by atoms with Gasteiger partial charge in [0.25, 0.3) is 11.6 Å². The number of likely N-dealkylation sites (N-methyl/N-ethyl adjacent to an activating group) is 1. The van der Waals surface area contributed by atoms with Crippen molar-refractivity contribution in [1.29, 1.82) is 0 Å². The molecule has 0 fully saturated rings. The molecule has 0 atom stereocenters. The Morgan fingerprint density at radius 1 is 1.15 bits per heavy atom. The van der Waals surface area contributed by atoms with Crippen LogP contribution in [0.15, 0.2) is 42.5 Å². The summed E-state index contributed by atoms with van der Waals surface area (Å²) in [7, 11) is 3.61. The molecule has 8 nitrogen and oxygen atoms in total. The van der Waals surface area contributed by atoms with Crippen LogP contribution in [0.4, 0.5) is 11.4 Å². The SMILES string of the molecule is Cc1c(C(=O)NCc2cccc(NC(=O)CN(C)C)c2)cccc1[N+](=O)[O-]. The molecule has 0 aliphatic heterocycles. The zero-order chi connectivity index (χ0) is 20.0. The van der Waals surface area contributed by atoms with E-state index in [1.807, 2.05) is 6.07 Å². The van der Waals surface area contributed by atoms with Crippen molar-refractivity contribution in [2.75, 3.05) is 26.0 Å². The standard InChI is InChI=1S/C19H22N4O4/c1-13-16(8-5-9-17(13)23(26)27)19(25)20-11-14-6-4-7-15(10-14)21-18(24)12-22(2)3/h4-10H,11-12H2,1-3H3,(H,20,25)(H,21,24). The third kappa shape index (κ3) is 5.61. The normalized spacial score (nSPS) is 10.5. The average molecular weight is 370 g/mol. The number of hydrogen-bond donors (Lipinski definition) is 2. The number of benzene rings is 2. The quantitative estimate of drug-likeness (QED) is 0.575. The molecule has 0 aliphatic rings. The van der Waals surface area contributed by atoms with E-state index in [1.54, 1.807) is 50.2 Å². The number of nitro groups is 1. The van der Waals surface area contributed by atoms with Crippen LogP contribution in [-0.4, -0.2) is 42.3 Å². The molecule has 2 amide bonds. The molecule has 0 saturated carbocycles. The highest BCUT2D eigenvalue weighted by atomic mass is 16.6. The van der Waals surface area contributed by atoms with Gasteiger partial charge in [-0.3, -0.25) is 19.7 Å². The van der Waals surface area contributed by atoms with E-state index >= 15 is 0 Å². The predicted octanol–water partition coefficient (Wildman–Crippen LogP) is 2.33. The highest BCUT2D eigenvalue weighted by Gasteiger charge is 2.17. The second kappa shape index (κ2) is 8.91. The molecule has 8 heteroatoms. The fourth-order valence-electron chi connectivity index (χ4n) is 2.59. The zero-order valence-corrected chi connectivity index (χ0v) is 15.5. The zero-order valence-electron chi connectivity index (χ0n) is 15.5. The number of hydrogen-bond acceptors (Lipinski definition) is 5. The van der Waals surface area contributed by atoms with E-state index < -0.39 is 10.8 Å². The van der Waals surface area contributed by atoms with Gasteiger partial charge in [0.05, 0.1) is 11.5 Å². The summed E-state index contributed by atoms with van der Waals surface area (Å²) in [5.74, 6) is -0.522. The fourth-order valence-corrected chi connectivity index (χ4v) is 2.59. The largest absolute Gasteiger partial charge is 0.348 e. The maximum Gasteiger partial charge on any atom is 0.273 e. The Morgan fingerprint density at radius 3 is 2.52 bits per heavy atom. The molecular weight excluding hydrogens is 348 g/mol. The van der Waals surface area contributed by atoms with Crippen molar-refractivity contribution < 1.29 is 14.5 Å². The lowest BCUT2D eigenvalue weighted by atomic mass is 10.1. The highest BCUT2D eigenvalue weighted by Crippen LogP contribution is 2.21. The van der Waals surface area contributed by atoms with Crippen LogP contribution in [0.5, 0.6) is 0 Å². The molecule has 2 rings (SSSR count). The van der Waals surface area contributed by atoms with Gasteiger partial charge in [-0.1, -0.05) is 18.2 Å². The molecule has 142 valence electrons. The molecule has 2 N–H and O–H groups in total. The van der Waals surface area contributed by atoms with Gasteiger partial charge in [-0.15, -0.1) is 0 Å². The number of nitro benzene ring substituents is 1. The van der Waals surface area contributed by atoms with Gasteiger partial charge in [-0.25, -0.2) is 0 Å². The Morgan fingerprint density at radius 2 is 1.85 bits per heavy atom. The minimum atomic E-state index is -0.508. The third-order valence-electron chi connectivity index (χ3n) is 3.87. The summed E-state index contributed by atoms with van der Waals surface area (Å²) in [6.07, 6.45) is 0. The van der Waals surface area contributed by atoms with E-state index in [0.717, 1.165) is 5.56 Å². The maximum atomic E-state index is 12.4. The first-order valence-corrected chi connectivity index (χ1v) is 8.33. The number of anilines is 1. The maximum absolute atomic E-state index is 12.4. The first-order valence-electron chi connectivity index (χ1n) is 8.33. The van der Waals surface area contributed by atoms with Gasteiger partial charge in [0.1, 0.15) is 0 Å².